The minimum Gasteiger partial charge on any atom is -0.460 e. The molecule has 2 unspecified atom stereocenters. The molecule has 4 heteroatoms. The van der Waals surface area contributed by atoms with Crippen molar-refractivity contribution < 1.29 is 19.0 Å². The number of hydrogen-bond acceptors (Lipinski definition) is 4. The van der Waals surface area contributed by atoms with Crippen LogP contribution in [-0.2, 0) is 25.4 Å². The third-order valence-corrected chi connectivity index (χ3v) is 3.74. The first-order valence-electron chi connectivity index (χ1n) is 8.09. The minimum atomic E-state index is -0.203. The standard InChI is InChI=1S/C18H26O4/c1-14(2)18(19)22-17-9-11-21-16(8-10-20-13-17)12-15-6-4-3-5-7-15/h3-7,14,16-17H,8-13H2,1-2H3. The van der Waals surface area contributed by atoms with Gasteiger partial charge in [0, 0.05) is 13.0 Å². The van der Waals surface area contributed by atoms with Gasteiger partial charge in [-0.3, -0.25) is 4.79 Å². The fourth-order valence-electron chi connectivity index (χ4n) is 2.39. The van der Waals surface area contributed by atoms with E-state index in [0.29, 0.717) is 26.2 Å². The van der Waals surface area contributed by atoms with E-state index in [2.05, 4.69) is 12.1 Å². The molecular weight excluding hydrogens is 280 g/mol. The van der Waals surface area contributed by atoms with Crippen LogP contribution in [0.1, 0.15) is 32.3 Å². The Morgan fingerprint density at radius 2 is 2.00 bits per heavy atom. The lowest BCUT2D eigenvalue weighted by Gasteiger charge is -2.18. The number of carbonyl (C=O) groups is 1. The molecule has 2 rings (SSSR count). The maximum atomic E-state index is 11.7. The summed E-state index contributed by atoms with van der Waals surface area (Å²) >= 11 is 0. The molecule has 1 saturated heterocycles. The van der Waals surface area contributed by atoms with E-state index in [9.17, 15) is 4.79 Å². The third-order valence-electron chi connectivity index (χ3n) is 3.74. The van der Waals surface area contributed by atoms with Crippen LogP contribution in [0.25, 0.3) is 0 Å². The van der Waals surface area contributed by atoms with Crippen LogP contribution >= 0.6 is 0 Å². The number of ether oxygens (including phenoxy) is 3. The predicted octanol–water partition coefficient (Wildman–Crippen LogP) is 2.99. The van der Waals surface area contributed by atoms with Gasteiger partial charge in [0.2, 0.25) is 0 Å². The lowest BCUT2D eigenvalue weighted by molar-refractivity contribution is -0.156. The number of hydrogen-bond donors (Lipinski definition) is 0. The number of esters is 1. The lowest BCUT2D eigenvalue weighted by atomic mass is 10.1. The molecule has 0 bridgehead atoms. The van der Waals surface area contributed by atoms with Crippen molar-refractivity contribution in [3.8, 4) is 0 Å². The molecule has 1 heterocycles. The molecule has 22 heavy (non-hydrogen) atoms. The molecule has 0 aliphatic carbocycles. The molecule has 4 nitrogen and oxygen atoms in total. The normalized spacial score (nSPS) is 23.4. The average Bonchev–Trinajstić information content (AvgIpc) is 2.61. The fourth-order valence-corrected chi connectivity index (χ4v) is 2.39. The molecule has 0 spiro atoms. The fraction of sp³-hybridized carbons (Fsp3) is 0.611. The van der Waals surface area contributed by atoms with Crippen molar-refractivity contribution in [1.82, 2.24) is 0 Å². The zero-order valence-corrected chi connectivity index (χ0v) is 13.5. The van der Waals surface area contributed by atoms with Crippen LogP contribution in [0.4, 0.5) is 0 Å². The van der Waals surface area contributed by atoms with Gasteiger partial charge in [0.15, 0.2) is 0 Å². The first-order valence-corrected chi connectivity index (χ1v) is 8.09. The highest BCUT2D eigenvalue weighted by Crippen LogP contribution is 2.14. The Balaban J connectivity index is 1.82. The van der Waals surface area contributed by atoms with Crippen molar-refractivity contribution in [1.29, 1.82) is 0 Å². The van der Waals surface area contributed by atoms with Crippen LogP contribution in [0.15, 0.2) is 30.3 Å². The van der Waals surface area contributed by atoms with Crippen LogP contribution < -0.4 is 0 Å². The third kappa shape index (κ3) is 5.78. The molecule has 1 aliphatic heterocycles. The van der Waals surface area contributed by atoms with E-state index < -0.39 is 0 Å². The Bertz CT molecular complexity index is 444. The van der Waals surface area contributed by atoms with E-state index in [4.69, 9.17) is 14.2 Å². The Labute approximate surface area is 132 Å². The van der Waals surface area contributed by atoms with Crippen LogP contribution in [0.5, 0.6) is 0 Å². The minimum absolute atomic E-state index is 0.112. The second kappa shape index (κ2) is 8.91. The molecule has 0 amide bonds. The second-order valence-corrected chi connectivity index (χ2v) is 6.05. The molecule has 122 valence electrons. The van der Waals surface area contributed by atoms with Gasteiger partial charge in [-0.25, -0.2) is 0 Å². The smallest absolute Gasteiger partial charge is 0.308 e. The van der Waals surface area contributed by atoms with Gasteiger partial charge < -0.3 is 14.2 Å². The summed E-state index contributed by atoms with van der Waals surface area (Å²) in [5.41, 5.74) is 1.27. The molecule has 0 radical (unpaired) electrons. The average molecular weight is 306 g/mol. The lowest BCUT2D eigenvalue weighted by Crippen LogP contribution is -2.27. The van der Waals surface area contributed by atoms with E-state index in [1.807, 2.05) is 32.0 Å². The van der Waals surface area contributed by atoms with Crippen molar-refractivity contribution in [3.63, 3.8) is 0 Å². The monoisotopic (exact) mass is 306 g/mol. The van der Waals surface area contributed by atoms with Gasteiger partial charge >= 0.3 is 5.97 Å². The van der Waals surface area contributed by atoms with Crippen LogP contribution in [0.2, 0.25) is 0 Å². The SMILES string of the molecule is CC(C)C(=O)OC1CCOC(Cc2ccccc2)CCOC1. The van der Waals surface area contributed by atoms with E-state index in [1.165, 1.54) is 5.56 Å². The van der Waals surface area contributed by atoms with Gasteiger partial charge in [-0.1, -0.05) is 44.2 Å². The predicted molar refractivity (Wildman–Crippen MR) is 84.7 cm³/mol. The van der Waals surface area contributed by atoms with E-state index in [1.54, 1.807) is 0 Å². The maximum Gasteiger partial charge on any atom is 0.308 e. The van der Waals surface area contributed by atoms with E-state index in [-0.39, 0.29) is 24.1 Å². The zero-order chi connectivity index (χ0) is 15.8. The first kappa shape index (κ1) is 17.0. The highest BCUT2D eigenvalue weighted by atomic mass is 16.6. The van der Waals surface area contributed by atoms with Crippen LogP contribution in [-0.4, -0.2) is 38.0 Å². The Kier molecular flexibility index (Phi) is 6.87. The Morgan fingerprint density at radius 3 is 2.73 bits per heavy atom. The molecule has 1 aromatic carbocycles. The van der Waals surface area contributed by atoms with Gasteiger partial charge in [0.1, 0.15) is 6.10 Å². The summed E-state index contributed by atoms with van der Waals surface area (Å²) in [4.78, 5) is 11.7. The van der Waals surface area contributed by atoms with Crippen molar-refractivity contribution in [2.24, 2.45) is 5.92 Å². The van der Waals surface area contributed by atoms with Crippen LogP contribution in [0.3, 0.4) is 0 Å². The quantitative estimate of drug-likeness (QED) is 0.802. The molecule has 0 N–H and O–H groups in total. The number of carbonyl (C=O) groups excluding carboxylic acids is 1. The van der Waals surface area contributed by atoms with Gasteiger partial charge in [-0.05, 0) is 18.4 Å². The topological polar surface area (TPSA) is 44.8 Å². The Hall–Kier alpha value is -1.39. The van der Waals surface area contributed by atoms with Crippen molar-refractivity contribution in [2.75, 3.05) is 19.8 Å². The largest absolute Gasteiger partial charge is 0.460 e. The highest BCUT2D eigenvalue weighted by Gasteiger charge is 2.20. The highest BCUT2D eigenvalue weighted by molar-refractivity contribution is 5.71. The summed E-state index contributed by atoms with van der Waals surface area (Å²) in [5, 5.41) is 0. The summed E-state index contributed by atoms with van der Waals surface area (Å²) in [6, 6.07) is 10.3. The zero-order valence-electron chi connectivity index (χ0n) is 13.5. The van der Waals surface area contributed by atoms with Gasteiger partial charge in [-0.15, -0.1) is 0 Å². The van der Waals surface area contributed by atoms with Gasteiger partial charge in [-0.2, -0.15) is 0 Å². The molecule has 0 aromatic heterocycles. The maximum absolute atomic E-state index is 11.7. The Morgan fingerprint density at radius 1 is 1.23 bits per heavy atom. The molecule has 1 fully saturated rings. The van der Waals surface area contributed by atoms with Gasteiger partial charge in [0.05, 0.1) is 25.2 Å². The van der Waals surface area contributed by atoms with Crippen molar-refractivity contribution in [3.05, 3.63) is 35.9 Å². The summed E-state index contributed by atoms with van der Waals surface area (Å²) < 4.78 is 17.1. The summed E-state index contributed by atoms with van der Waals surface area (Å²) in [6.45, 7) is 5.36. The molecule has 1 aromatic rings. The van der Waals surface area contributed by atoms with Crippen molar-refractivity contribution in [2.45, 2.75) is 45.3 Å². The summed E-state index contributed by atoms with van der Waals surface area (Å²) in [5.74, 6) is -0.284. The second-order valence-electron chi connectivity index (χ2n) is 6.05. The molecule has 2 atom stereocenters. The summed E-state index contributed by atoms with van der Waals surface area (Å²) in [7, 11) is 0. The number of rotatable bonds is 4. The first-order chi connectivity index (χ1) is 10.6. The molecular formula is C18H26O4. The van der Waals surface area contributed by atoms with Crippen molar-refractivity contribution >= 4 is 5.97 Å². The van der Waals surface area contributed by atoms with E-state index in [0.717, 1.165) is 12.8 Å². The van der Waals surface area contributed by atoms with Gasteiger partial charge in [0.25, 0.3) is 0 Å². The summed E-state index contributed by atoms with van der Waals surface area (Å²) in [6.07, 6.45) is 2.39. The van der Waals surface area contributed by atoms with E-state index >= 15 is 0 Å². The van der Waals surface area contributed by atoms with Crippen LogP contribution in [0, 0.1) is 5.92 Å². The molecule has 1 aliphatic rings. The number of benzene rings is 1. The molecule has 0 saturated carbocycles.